The molecule has 0 unspecified atom stereocenters. The Balaban J connectivity index is 1.49. The van der Waals surface area contributed by atoms with Crippen molar-refractivity contribution in [3.05, 3.63) is 87.8 Å². The highest BCUT2D eigenvalue weighted by Crippen LogP contribution is 2.35. The van der Waals surface area contributed by atoms with Gasteiger partial charge in [-0.15, -0.1) is 0 Å². The molecule has 1 aliphatic heterocycles. The Morgan fingerprint density at radius 2 is 1.79 bits per heavy atom. The number of aromatic amines is 1. The van der Waals surface area contributed by atoms with Crippen LogP contribution in [-0.4, -0.2) is 21.1 Å². The molecule has 2 aromatic heterocycles. The summed E-state index contributed by atoms with van der Waals surface area (Å²) in [7, 11) is 0. The van der Waals surface area contributed by atoms with E-state index in [4.69, 9.17) is 0 Å². The minimum Gasteiger partial charge on any atom is -0.321 e. The third kappa shape index (κ3) is 3.39. The van der Waals surface area contributed by atoms with E-state index < -0.39 is 0 Å². The Morgan fingerprint density at radius 1 is 0.931 bits per heavy atom. The quantitative estimate of drug-likeness (QED) is 0.418. The van der Waals surface area contributed by atoms with Crippen LogP contribution in [0.5, 0.6) is 0 Å². The van der Waals surface area contributed by atoms with Crippen LogP contribution in [0, 0.1) is 0 Å². The highest BCUT2D eigenvalue weighted by atomic mass is 79.9. The van der Waals surface area contributed by atoms with Crippen molar-refractivity contribution in [3.63, 3.8) is 0 Å². The number of fused-ring (bicyclic) bond motifs is 2. The molecule has 6 heteroatoms. The number of amides is 1. The lowest BCUT2D eigenvalue weighted by Crippen LogP contribution is -2.03. The average Bonchev–Trinajstić information content (AvgIpc) is 3.28. The van der Waals surface area contributed by atoms with E-state index in [0.717, 1.165) is 43.4 Å². The summed E-state index contributed by atoms with van der Waals surface area (Å²) in [6.07, 6.45) is 9.41. The largest absolute Gasteiger partial charge is 0.321 e. The fourth-order valence-corrected chi connectivity index (χ4v) is 3.76. The first-order valence-corrected chi connectivity index (χ1v) is 9.86. The number of H-pyrrole nitrogens is 1. The summed E-state index contributed by atoms with van der Waals surface area (Å²) in [6, 6.07) is 15.7. The molecule has 3 heterocycles. The number of rotatable bonds is 3. The summed E-state index contributed by atoms with van der Waals surface area (Å²) in [5.74, 6) is -0.0937. The fraction of sp³-hybridized carbons (Fsp3) is 0. The second-order valence-electron chi connectivity index (χ2n) is 6.73. The molecule has 4 aromatic rings. The van der Waals surface area contributed by atoms with Crippen molar-refractivity contribution < 1.29 is 4.79 Å². The van der Waals surface area contributed by atoms with E-state index in [1.54, 1.807) is 12.4 Å². The molecule has 5 nitrogen and oxygen atoms in total. The molecular weight excluding hydrogens is 428 g/mol. The summed E-state index contributed by atoms with van der Waals surface area (Å²) >= 11 is 3.48. The van der Waals surface area contributed by atoms with Crippen molar-refractivity contribution in [1.29, 1.82) is 0 Å². The van der Waals surface area contributed by atoms with Gasteiger partial charge in [-0.1, -0.05) is 28.1 Å². The van der Waals surface area contributed by atoms with Crippen molar-refractivity contribution in [3.8, 4) is 0 Å². The second kappa shape index (κ2) is 7.14. The molecule has 0 fully saturated rings. The molecule has 5 rings (SSSR count). The molecule has 0 radical (unpaired) electrons. The van der Waals surface area contributed by atoms with Crippen LogP contribution in [0.2, 0.25) is 0 Å². The van der Waals surface area contributed by atoms with Crippen LogP contribution in [-0.2, 0) is 4.79 Å². The van der Waals surface area contributed by atoms with Gasteiger partial charge in [0.2, 0.25) is 0 Å². The van der Waals surface area contributed by atoms with Crippen molar-refractivity contribution in [1.82, 2.24) is 15.2 Å². The van der Waals surface area contributed by atoms with Gasteiger partial charge >= 0.3 is 0 Å². The van der Waals surface area contributed by atoms with E-state index in [2.05, 4.69) is 36.4 Å². The molecule has 2 aromatic carbocycles. The smallest absolute Gasteiger partial charge is 0.256 e. The monoisotopic (exact) mass is 442 g/mol. The van der Waals surface area contributed by atoms with Crippen molar-refractivity contribution in [2.75, 3.05) is 5.32 Å². The number of nitrogens with one attached hydrogen (secondary N) is 2. The maximum Gasteiger partial charge on any atom is 0.256 e. The molecule has 0 bridgehead atoms. The Bertz CT molecular complexity index is 1310. The normalized spacial score (nSPS) is 14.7. The maximum atomic E-state index is 12.4. The predicted molar refractivity (Wildman–Crippen MR) is 120 cm³/mol. The van der Waals surface area contributed by atoms with Gasteiger partial charge in [-0.05, 0) is 65.7 Å². The van der Waals surface area contributed by atoms with Crippen LogP contribution >= 0.6 is 15.9 Å². The highest BCUT2D eigenvalue weighted by molar-refractivity contribution is 9.10. The first kappa shape index (κ1) is 17.6. The topological polar surface area (TPSA) is 70.7 Å². The number of aromatic nitrogens is 3. The van der Waals surface area contributed by atoms with Crippen LogP contribution in [0.25, 0.3) is 34.7 Å². The number of carbonyl (C=O) groups excluding carboxylic acids is 1. The van der Waals surface area contributed by atoms with Crippen molar-refractivity contribution in [2.24, 2.45) is 0 Å². The highest BCUT2D eigenvalue weighted by Gasteiger charge is 2.24. The molecule has 1 aliphatic rings. The van der Waals surface area contributed by atoms with Gasteiger partial charge in [-0.3, -0.25) is 14.9 Å². The van der Waals surface area contributed by atoms with Gasteiger partial charge in [0.1, 0.15) is 0 Å². The first-order valence-electron chi connectivity index (χ1n) is 9.06. The van der Waals surface area contributed by atoms with E-state index in [-0.39, 0.29) is 5.91 Å². The Hall–Kier alpha value is -3.51. The van der Waals surface area contributed by atoms with Crippen LogP contribution in [0.3, 0.4) is 0 Å². The summed E-state index contributed by atoms with van der Waals surface area (Å²) < 4.78 is 0.938. The zero-order chi connectivity index (χ0) is 19.8. The third-order valence-electron chi connectivity index (χ3n) is 4.83. The van der Waals surface area contributed by atoms with Crippen LogP contribution in [0.1, 0.15) is 22.4 Å². The Labute approximate surface area is 175 Å². The van der Waals surface area contributed by atoms with E-state index in [0.29, 0.717) is 5.57 Å². The number of nitrogens with zero attached hydrogens (tertiary/aromatic N) is 2. The van der Waals surface area contributed by atoms with Crippen LogP contribution in [0.4, 0.5) is 5.69 Å². The van der Waals surface area contributed by atoms with Gasteiger partial charge in [0.15, 0.2) is 0 Å². The lowest BCUT2D eigenvalue weighted by atomic mass is 10.0. The lowest BCUT2D eigenvalue weighted by Gasteiger charge is -2.00. The predicted octanol–water partition coefficient (Wildman–Crippen LogP) is 5.38. The standard InChI is InChI=1S/C23H15BrN4O/c24-16-3-6-20-18(13-16)19(23(29)26-20)11-15-1-4-17-21(27-28-22(17)12-15)5-2-14-7-9-25-10-8-14/h1-13H,(H,26,29)(H,27,28). The van der Waals surface area contributed by atoms with Gasteiger partial charge in [-0.2, -0.15) is 5.10 Å². The minimum absolute atomic E-state index is 0.0937. The van der Waals surface area contributed by atoms with Gasteiger partial charge in [0.05, 0.1) is 11.2 Å². The van der Waals surface area contributed by atoms with Gasteiger partial charge < -0.3 is 5.32 Å². The molecule has 29 heavy (non-hydrogen) atoms. The molecule has 0 spiro atoms. The number of halogens is 1. The number of anilines is 1. The summed E-state index contributed by atoms with van der Waals surface area (Å²) in [5.41, 5.74) is 6.16. The summed E-state index contributed by atoms with van der Waals surface area (Å²) in [5, 5.41) is 11.4. The molecule has 0 aliphatic carbocycles. The van der Waals surface area contributed by atoms with Crippen molar-refractivity contribution in [2.45, 2.75) is 0 Å². The maximum absolute atomic E-state index is 12.4. The van der Waals surface area contributed by atoms with Gasteiger partial charge in [-0.25, -0.2) is 0 Å². The summed E-state index contributed by atoms with van der Waals surface area (Å²) in [4.78, 5) is 16.4. The van der Waals surface area contributed by atoms with Crippen molar-refractivity contribution >= 4 is 62.2 Å². The average molecular weight is 443 g/mol. The van der Waals surface area contributed by atoms with E-state index in [1.807, 2.05) is 66.8 Å². The minimum atomic E-state index is -0.0937. The molecule has 0 atom stereocenters. The summed E-state index contributed by atoms with van der Waals surface area (Å²) in [6.45, 7) is 0. The zero-order valence-corrected chi connectivity index (χ0v) is 16.8. The molecule has 0 saturated carbocycles. The number of carbonyl (C=O) groups is 1. The molecule has 140 valence electrons. The van der Waals surface area contributed by atoms with E-state index in [9.17, 15) is 4.79 Å². The first-order chi connectivity index (χ1) is 14.2. The molecule has 2 N–H and O–H groups in total. The van der Waals surface area contributed by atoms with E-state index in [1.165, 1.54) is 0 Å². The van der Waals surface area contributed by atoms with Crippen LogP contribution < -0.4 is 5.32 Å². The SMILES string of the molecule is O=C1Nc2ccc(Br)cc2C1=Cc1ccc2c(C=Cc3ccncc3)n[nH]c2c1. The number of pyridine rings is 1. The number of hydrogen-bond acceptors (Lipinski definition) is 3. The third-order valence-corrected chi connectivity index (χ3v) is 5.33. The number of benzene rings is 2. The van der Waals surface area contributed by atoms with Crippen LogP contribution in [0.15, 0.2) is 65.4 Å². The molecular formula is C23H15BrN4O. The number of hydrogen-bond donors (Lipinski definition) is 2. The zero-order valence-electron chi connectivity index (χ0n) is 15.2. The second-order valence-corrected chi connectivity index (χ2v) is 7.65. The van der Waals surface area contributed by atoms with Gasteiger partial charge in [0.25, 0.3) is 5.91 Å². The molecule has 1 amide bonds. The fourth-order valence-electron chi connectivity index (χ4n) is 3.40. The van der Waals surface area contributed by atoms with Gasteiger partial charge in [0, 0.05) is 39.1 Å². The lowest BCUT2D eigenvalue weighted by molar-refractivity contribution is -0.110. The molecule has 0 saturated heterocycles. The van der Waals surface area contributed by atoms with E-state index >= 15 is 0 Å². The Kier molecular flexibility index (Phi) is 4.33. The Morgan fingerprint density at radius 3 is 2.66 bits per heavy atom.